The normalized spacial score (nSPS) is 11.9. The van der Waals surface area contributed by atoms with E-state index in [1.165, 1.54) is 10.6 Å². The van der Waals surface area contributed by atoms with Gasteiger partial charge in [0.15, 0.2) is 0 Å². The molecule has 0 saturated carbocycles. The molecule has 7 heteroatoms. The lowest BCUT2D eigenvalue weighted by Crippen LogP contribution is -2.32. The van der Waals surface area contributed by atoms with E-state index in [1.807, 2.05) is 31.2 Å². The zero-order chi connectivity index (χ0) is 20.4. The molecule has 6 nitrogen and oxygen atoms in total. The van der Waals surface area contributed by atoms with Crippen molar-refractivity contribution in [3.8, 4) is 0 Å². The summed E-state index contributed by atoms with van der Waals surface area (Å²) in [4.78, 5) is 15.6. The maximum atomic E-state index is 13.3. The first-order chi connectivity index (χ1) is 13.9. The highest BCUT2D eigenvalue weighted by Crippen LogP contribution is 2.22. The minimum Gasteiger partial charge on any atom is -0.468 e. The van der Waals surface area contributed by atoms with Crippen molar-refractivity contribution in [1.82, 2.24) is 9.29 Å². The molecule has 0 aliphatic heterocycles. The van der Waals surface area contributed by atoms with Gasteiger partial charge in [-0.1, -0.05) is 35.9 Å². The third kappa shape index (κ3) is 4.01. The highest BCUT2D eigenvalue weighted by atomic mass is 32.2. The molecule has 0 unspecified atom stereocenters. The Morgan fingerprint density at radius 3 is 2.45 bits per heavy atom. The Morgan fingerprint density at radius 1 is 0.966 bits per heavy atom. The first-order valence-corrected chi connectivity index (χ1v) is 10.6. The fourth-order valence-corrected chi connectivity index (χ4v) is 4.55. The van der Waals surface area contributed by atoms with Gasteiger partial charge >= 0.3 is 0 Å². The van der Waals surface area contributed by atoms with Crippen molar-refractivity contribution in [3.05, 3.63) is 100 Å². The van der Waals surface area contributed by atoms with Crippen LogP contribution in [-0.4, -0.2) is 17.7 Å². The van der Waals surface area contributed by atoms with Crippen molar-refractivity contribution in [2.45, 2.75) is 24.9 Å². The van der Waals surface area contributed by atoms with Crippen molar-refractivity contribution in [2.75, 3.05) is 0 Å². The largest absolute Gasteiger partial charge is 0.468 e. The molecule has 2 aromatic heterocycles. The van der Waals surface area contributed by atoms with Crippen LogP contribution in [0, 0.1) is 6.92 Å². The van der Waals surface area contributed by atoms with Crippen LogP contribution in [0.2, 0.25) is 0 Å². The zero-order valence-corrected chi connectivity index (χ0v) is 16.6. The number of aromatic amines is 1. The van der Waals surface area contributed by atoms with Gasteiger partial charge in [-0.25, -0.2) is 8.42 Å². The molecule has 0 aliphatic rings. The van der Waals surface area contributed by atoms with Gasteiger partial charge in [-0.05, 0) is 48.7 Å². The number of aryl methyl sites for hydroxylation is 1. The second-order valence-electron chi connectivity index (χ2n) is 6.88. The van der Waals surface area contributed by atoms with E-state index in [9.17, 15) is 13.2 Å². The van der Waals surface area contributed by atoms with E-state index in [-0.39, 0.29) is 23.5 Å². The molecule has 1 N–H and O–H groups in total. The number of benzene rings is 2. The summed E-state index contributed by atoms with van der Waals surface area (Å²) < 4.78 is 33.3. The molecular formula is C22H20N2O4S. The highest BCUT2D eigenvalue weighted by molar-refractivity contribution is 7.89. The third-order valence-electron chi connectivity index (χ3n) is 4.75. The predicted octanol–water partition coefficient (Wildman–Crippen LogP) is 3.82. The maximum Gasteiger partial charge on any atom is 0.252 e. The molecule has 0 saturated heterocycles. The number of furan rings is 1. The van der Waals surface area contributed by atoms with Crippen LogP contribution < -0.4 is 5.56 Å². The smallest absolute Gasteiger partial charge is 0.252 e. The summed E-state index contributed by atoms with van der Waals surface area (Å²) in [6.07, 6.45) is 1.49. The van der Waals surface area contributed by atoms with Crippen molar-refractivity contribution in [3.63, 3.8) is 0 Å². The van der Waals surface area contributed by atoms with Crippen LogP contribution in [-0.2, 0) is 23.1 Å². The number of pyridine rings is 1. The van der Waals surface area contributed by atoms with Crippen molar-refractivity contribution < 1.29 is 12.8 Å². The number of sulfonamides is 1. The number of nitrogens with one attached hydrogen (secondary N) is 1. The molecule has 0 amide bonds. The van der Waals surface area contributed by atoms with E-state index >= 15 is 0 Å². The minimum absolute atomic E-state index is 0.0233. The summed E-state index contributed by atoms with van der Waals surface area (Å²) in [5.74, 6) is 0.498. The predicted molar refractivity (Wildman–Crippen MR) is 111 cm³/mol. The quantitative estimate of drug-likeness (QED) is 0.526. The molecule has 0 fully saturated rings. The number of aromatic nitrogens is 1. The van der Waals surface area contributed by atoms with E-state index in [0.717, 1.165) is 10.9 Å². The molecule has 2 aromatic carbocycles. The summed E-state index contributed by atoms with van der Waals surface area (Å²) >= 11 is 0. The first kappa shape index (κ1) is 19.2. The molecule has 29 heavy (non-hydrogen) atoms. The Balaban J connectivity index is 1.76. The average molecular weight is 408 g/mol. The van der Waals surface area contributed by atoms with Gasteiger partial charge in [0.2, 0.25) is 10.0 Å². The molecule has 0 radical (unpaired) electrons. The van der Waals surface area contributed by atoms with Gasteiger partial charge in [0.1, 0.15) is 5.76 Å². The molecule has 0 bridgehead atoms. The topological polar surface area (TPSA) is 83.4 Å². The third-order valence-corrected chi connectivity index (χ3v) is 6.55. The summed E-state index contributed by atoms with van der Waals surface area (Å²) in [6.45, 7) is 1.85. The van der Waals surface area contributed by atoms with Crippen LogP contribution in [0.3, 0.4) is 0 Å². The fraction of sp³-hybridized carbons (Fsp3) is 0.136. The van der Waals surface area contributed by atoms with Crippen molar-refractivity contribution in [1.29, 1.82) is 0 Å². The number of rotatable bonds is 6. The zero-order valence-electron chi connectivity index (χ0n) is 15.8. The van der Waals surface area contributed by atoms with E-state index in [4.69, 9.17) is 4.42 Å². The van der Waals surface area contributed by atoms with Crippen LogP contribution in [0.25, 0.3) is 10.9 Å². The molecular weight excluding hydrogens is 388 g/mol. The van der Waals surface area contributed by atoms with Gasteiger partial charge in [0, 0.05) is 17.6 Å². The monoisotopic (exact) mass is 408 g/mol. The lowest BCUT2D eigenvalue weighted by Gasteiger charge is -2.21. The van der Waals surface area contributed by atoms with E-state index < -0.39 is 10.0 Å². The summed E-state index contributed by atoms with van der Waals surface area (Å²) in [6, 6.07) is 19.2. The van der Waals surface area contributed by atoms with Crippen molar-refractivity contribution >= 4 is 20.9 Å². The molecule has 0 atom stereocenters. The average Bonchev–Trinajstić information content (AvgIpc) is 3.21. The minimum atomic E-state index is -3.84. The van der Waals surface area contributed by atoms with E-state index in [0.29, 0.717) is 16.8 Å². The lowest BCUT2D eigenvalue weighted by atomic mass is 10.1. The number of hydrogen-bond donors (Lipinski definition) is 1. The van der Waals surface area contributed by atoms with Gasteiger partial charge in [0.05, 0.1) is 17.7 Å². The van der Waals surface area contributed by atoms with Gasteiger partial charge in [-0.3, -0.25) is 4.79 Å². The first-order valence-electron chi connectivity index (χ1n) is 9.13. The molecule has 4 aromatic rings. The second-order valence-corrected chi connectivity index (χ2v) is 8.81. The van der Waals surface area contributed by atoms with Crippen LogP contribution in [0.4, 0.5) is 0 Å². The molecule has 0 aliphatic carbocycles. The van der Waals surface area contributed by atoms with Gasteiger partial charge in [-0.15, -0.1) is 0 Å². The molecule has 2 heterocycles. The Morgan fingerprint density at radius 2 is 1.72 bits per heavy atom. The summed E-state index contributed by atoms with van der Waals surface area (Å²) in [5, 5.41) is 0.841. The standard InChI is InChI=1S/C22H20N2O4S/c1-16-8-10-20(11-9-16)29(26,27)24(15-19-6-4-12-28-19)14-18-13-17-5-2-3-7-21(17)23-22(18)25/h2-13H,14-15H2,1H3,(H,23,25). The van der Waals surface area contributed by atoms with Gasteiger partial charge in [0.25, 0.3) is 5.56 Å². The Bertz CT molecular complexity index is 1290. The second kappa shape index (κ2) is 7.69. The lowest BCUT2D eigenvalue weighted by molar-refractivity contribution is 0.357. The van der Waals surface area contributed by atoms with Crippen LogP contribution in [0.15, 0.2) is 87.1 Å². The van der Waals surface area contributed by atoms with Crippen LogP contribution >= 0.6 is 0 Å². The molecule has 0 spiro atoms. The van der Waals surface area contributed by atoms with Gasteiger partial charge in [-0.2, -0.15) is 4.31 Å². The van der Waals surface area contributed by atoms with Crippen LogP contribution in [0.1, 0.15) is 16.9 Å². The number of H-pyrrole nitrogens is 1. The van der Waals surface area contributed by atoms with Crippen LogP contribution in [0.5, 0.6) is 0 Å². The number of hydrogen-bond acceptors (Lipinski definition) is 4. The Kier molecular flexibility index (Phi) is 5.08. The SMILES string of the molecule is Cc1ccc(S(=O)(=O)N(Cc2ccco2)Cc2cc3ccccc3[nH]c2=O)cc1. The number of fused-ring (bicyclic) bond motifs is 1. The highest BCUT2D eigenvalue weighted by Gasteiger charge is 2.26. The maximum absolute atomic E-state index is 13.3. The Hall–Kier alpha value is -3.16. The van der Waals surface area contributed by atoms with E-state index in [1.54, 1.807) is 42.5 Å². The fourth-order valence-electron chi connectivity index (χ4n) is 3.16. The van der Waals surface area contributed by atoms with Gasteiger partial charge < -0.3 is 9.40 Å². The molecule has 148 valence electrons. The summed E-state index contributed by atoms with van der Waals surface area (Å²) in [5.41, 5.74) is 1.73. The molecule has 4 rings (SSSR count). The van der Waals surface area contributed by atoms with E-state index in [2.05, 4.69) is 4.98 Å². The van der Waals surface area contributed by atoms with Crippen molar-refractivity contribution in [2.24, 2.45) is 0 Å². The Labute approximate surface area is 168 Å². The summed E-state index contributed by atoms with van der Waals surface area (Å²) in [7, 11) is -3.84. The number of nitrogens with zero attached hydrogens (tertiary/aromatic N) is 1. The number of para-hydroxylation sites is 1.